The van der Waals surface area contributed by atoms with E-state index in [0.29, 0.717) is 19.3 Å². The molecule has 0 aliphatic heterocycles. The molecule has 0 aliphatic rings. The molecule has 0 aliphatic carbocycles. The highest BCUT2D eigenvalue weighted by molar-refractivity contribution is 7.98. The van der Waals surface area contributed by atoms with Crippen molar-refractivity contribution in [3.8, 4) is 0 Å². The lowest BCUT2D eigenvalue weighted by Gasteiger charge is -2.21. The SMILES string of the molecule is CSCC[C@H](NC=O)C(=O)N[C@@H](CC(C)C)C(N)=O. The molecule has 0 fully saturated rings. The van der Waals surface area contributed by atoms with E-state index in [9.17, 15) is 14.4 Å². The molecule has 0 unspecified atom stereocenters. The van der Waals surface area contributed by atoms with Gasteiger partial charge in [-0.1, -0.05) is 13.8 Å². The number of hydrogen-bond acceptors (Lipinski definition) is 4. The third-order valence-electron chi connectivity index (χ3n) is 2.56. The minimum atomic E-state index is -0.697. The van der Waals surface area contributed by atoms with Crippen LogP contribution in [0.1, 0.15) is 26.7 Å². The first-order valence-corrected chi connectivity index (χ1v) is 7.60. The molecule has 0 saturated heterocycles. The lowest BCUT2D eigenvalue weighted by molar-refractivity contribution is -0.129. The maximum atomic E-state index is 12.0. The van der Waals surface area contributed by atoms with Gasteiger partial charge in [0.1, 0.15) is 12.1 Å². The van der Waals surface area contributed by atoms with Crippen LogP contribution in [-0.4, -0.2) is 42.3 Å². The zero-order valence-electron chi connectivity index (χ0n) is 11.6. The summed E-state index contributed by atoms with van der Waals surface area (Å²) >= 11 is 1.58. The van der Waals surface area contributed by atoms with Crippen molar-refractivity contribution in [2.45, 2.75) is 38.8 Å². The Morgan fingerprint density at radius 1 is 1.32 bits per heavy atom. The monoisotopic (exact) mass is 289 g/mol. The minimum Gasteiger partial charge on any atom is -0.368 e. The Bertz CT molecular complexity index is 311. The average molecular weight is 289 g/mol. The highest BCUT2D eigenvalue weighted by Gasteiger charge is 2.24. The molecule has 0 aromatic carbocycles. The number of thioether (sulfide) groups is 1. The summed E-state index contributed by atoms with van der Waals surface area (Å²) in [5, 5.41) is 5.05. The molecule has 0 saturated carbocycles. The van der Waals surface area contributed by atoms with Crippen LogP contribution in [0.3, 0.4) is 0 Å². The van der Waals surface area contributed by atoms with Gasteiger partial charge in [0.15, 0.2) is 0 Å². The Balaban J connectivity index is 4.55. The van der Waals surface area contributed by atoms with Crippen LogP contribution in [-0.2, 0) is 14.4 Å². The predicted octanol–water partition coefficient (Wildman–Crippen LogP) is -0.130. The highest BCUT2D eigenvalue weighted by Crippen LogP contribution is 2.06. The summed E-state index contributed by atoms with van der Waals surface area (Å²) in [6.07, 6.45) is 3.41. The molecule has 6 nitrogen and oxygen atoms in total. The number of nitrogens with one attached hydrogen (secondary N) is 2. The van der Waals surface area contributed by atoms with Crippen molar-refractivity contribution >= 4 is 30.0 Å². The lowest BCUT2D eigenvalue weighted by Crippen LogP contribution is -2.52. The third kappa shape index (κ3) is 7.71. The van der Waals surface area contributed by atoms with Crippen molar-refractivity contribution < 1.29 is 14.4 Å². The second kappa shape index (κ2) is 9.66. The number of nitrogens with two attached hydrogens (primary N) is 1. The van der Waals surface area contributed by atoms with Gasteiger partial charge >= 0.3 is 0 Å². The molecule has 7 heteroatoms. The zero-order chi connectivity index (χ0) is 14.8. The maximum Gasteiger partial charge on any atom is 0.243 e. The van der Waals surface area contributed by atoms with Crippen LogP contribution in [0.15, 0.2) is 0 Å². The Morgan fingerprint density at radius 3 is 2.37 bits per heavy atom. The number of primary amides is 1. The van der Waals surface area contributed by atoms with E-state index in [0.717, 1.165) is 5.75 Å². The van der Waals surface area contributed by atoms with Crippen LogP contribution in [0, 0.1) is 5.92 Å². The Kier molecular flexibility index (Phi) is 9.03. The molecule has 0 rings (SSSR count). The summed E-state index contributed by atoms with van der Waals surface area (Å²) in [7, 11) is 0. The first-order chi connectivity index (χ1) is 8.92. The van der Waals surface area contributed by atoms with Crippen molar-refractivity contribution in [3.63, 3.8) is 0 Å². The van der Waals surface area contributed by atoms with Gasteiger partial charge in [-0.25, -0.2) is 0 Å². The van der Waals surface area contributed by atoms with Crippen LogP contribution in [0.25, 0.3) is 0 Å². The largest absolute Gasteiger partial charge is 0.368 e. The number of hydrogen-bond donors (Lipinski definition) is 3. The minimum absolute atomic E-state index is 0.237. The molecule has 0 heterocycles. The second-order valence-electron chi connectivity index (χ2n) is 4.71. The molecule has 4 N–H and O–H groups in total. The summed E-state index contributed by atoms with van der Waals surface area (Å²) in [6, 6.07) is -1.32. The van der Waals surface area contributed by atoms with E-state index < -0.39 is 18.0 Å². The van der Waals surface area contributed by atoms with Gasteiger partial charge in [-0.2, -0.15) is 11.8 Å². The van der Waals surface area contributed by atoms with Crippen molar-refractivity contribution in [1.29, 1.82) is 0 Å². The molecule has 3 amide bonds. The van der Waals surface area contributed by atoms with E-state index in [1.807, 2.05) is 20.1 Å². The molecule has 2 atom stereocenters. The van der Waals surface area contributed by atoms with Crippen molar-refractivity contribution in [3.05, 3.63) is 0 Å². The Hall–Kier alpha value is -1.24. The van der Waals surface area contributed by atoms with E-state index >= 15 is 0 Å². The fourth-order valence-electron chi connectivity index (χ4n) is 1.60. The molecular formula is C12H23N3O3S. The van der Waals surface area contributed by atoms with E-state index in [2.05, 4.69) is 10.6 Å². The van der Waals surface area contributed by atoms with Gasteiger partial charge in [-0.15, -0.1) is 0 Å². The molecule has 0 aromatic heterocycles. The molecule has 110 valence electrons. The van der Waals surface area contributed by atoms with Gasteiger partial charge in [0.05, 0.1) is 0 Å². The highest BCUT2D eigenvalue weighted by atomic mass is 32.2. The van der Waals surface area contributed by atoms with Gasteiger partial charge in [0.25, 0.3) is 0 Å². The van der Waals surface area contributed by atoms with E-state index in [1.165, 1.54) is 0 Å². The van der Waals surface area contributed by atoms with Gasteiger partial charge in [-0.3, -0.25) is 14.4 Å². The Morgan fingerprint density at radius 2 is 1.95 bits per heavy atom. The molecule has 19 heavy (non-hydrogen) atoms. The van der Waals surface area contributed by atoms with Crippen LogP contribution in [0.5, 0.6) is 0 Å². The number of rotatable bonds is 10. The summed E-state index contributed by atoms with van der Waals surface area (Å²) < 4.78 is 0. The van der Waals surface area contributed by atoms with Crippen LogP contribution >= 0.6 is 11.8 Å². The summed E-state index contributed by atoms with van der Waals surface area (Å²) in [6.45, 7) is 3.88. The third-order valence-corrected chi connectivity index (χ3v) is 3.21. The van der Waals surface area contributed by atoms with E-state index in [4.69, 9.17) is 5.73 Å². The molecule has 0 spiro atoms. The van der Waals surface area contributed by atoms with E-state index in [1.54, 1.807) is 11.8 Å². The van der Waals surface area contributed by atoms with Gasteiger partial charge in [0.2, 0.25) is 18.2 Å². The van der Waals surface area contributed by atoms with Gasteiger partial charge < -0.3 is 16.4 Å². The number of carbonyl (C=O) groups excluding carboxylic acids is 3. The first kappa shape index (κ1) is 17.8. The normalized spacial score (nSPS) is 13.7. The molecular weight excluding hydrogens is 266 g/mol. The number of amides is 3. The van der Waals surface area contributed by atoms with Crippen LogP contribution in [0.2, 0.25) is 0 Å². The molecule has 0 bridgehead atoms. The molecule has 0 radical (unpaired) electrons. The average Bonchev–Trinajstić information content (AvgIpc) is 2.32. The van der Waals surface area contributed by atoms with Crippen molar-refractivity contribution in [2.75, 3.05) is 12.0 Å². The summed E-state index contributed by atoms with van der Waals surface area (Å²) in [4.78, 5) is 33.8. The van der Waals surface area contributed by atoms with E-state index in [-0.39, 0.29) is 11.8 Å². The van der Waals surface area contributed by atoms with Crippen molar-refractivity contribution in [2.24, 2.45) is 11.7 Å². The zero-order valence-corrected chi connectivity index (χ0v) is 12.5. The van der Waals surface area contributed by atoms with Gasteiger partial charge in [0, 0.05) is 0 Å². The van der Waals surface area contributed by atoms with Crippen LogP contribution in [0.4, 0.5) is 0 Å². The first-order valence-electron chi connectivity index (χ1n) is 6.20. The standard InChI is InChI=1S/C12H23N3O3S/c1-8(2)6-10(11(13)17)15-12(18)9(14-7-16)4-5-19-3/h7-10H,4-6H2,1-3H3,(H2,13,17)(H,14,16)(H,15,18)/t9-,10-/m0/s1. The fraction of sp³-hybridized carbons (Fsp3) is 0.750. The molecule has 0 aromatic rings. The second-order valence-corrected chi connectivity index (χ2v) is 5.70. The van der Waals surface area contributed by atoms with Crippen LogP contribution < -0.4 is 16.4 Å². The number of carbonyl (C=O) groups is 3. The quantitative estimate of drug-likeness (QED) is 0.488. The lowest BCUT2D eigenvalue weighted by atomic mass is 10.0. The van der Waals surface area contributed by atoms with Crippen molar-refractivity contribution in [1.82, 2.24) is 10.6 Å². The fourth-order valence-corrected chi connectivity index (χ4v) is 2.07. The van der Waals surface area contributed by atoms with Gasteiger partial charge in [-0.05, 0) is 30.8 Å². The predicted molar refractivity (Wildman–Crippen MR) is 76.6 cm³/mol. The summed E-state index contributed by atoms with van der Waals surface area (Å²) in [5.74, 6) is 0.0495. The maximum absolute atomic E-state index is 12.0. The summed E-state index contributed by atoms with van der Waals surface area (Å²) in [5.41, 5.74) is 5.26. The topological polar surface area (TPSA) is 101 Å². The smallest absolute Gasteiger partial charge is 0.243 e. The Labute approximate surface area is 118 Å².